The van der Waals surface area contributed by atoms with Crippen LogP contribution in [-0.2, 0) is 32.7 Å². The molecule has 0 saturated heterocycles. The van der Waals surface area contributed by atoms with Crippen molar-refractivity contribution in [3.05, 3.63) is 12.2 Å². The minimum atomic E-state index is -4.59. The Bertz CT molecular complexity index is 776. The van der Waals surface area contributed by atoms with Gasteiger partial charge in [0.15, 0.2) is 6.10 Å². The van der Waals surface area contributed by atoms with E-state index in [9.17, 15) is 24.2 Å². The van der Waals surface area contributed by atoms with Crippen LogP contribution < -0.4 is 0 Å². The summed E-state index contributed by atoms with van der Waals surface area (Å²) in [6.07, 6.45) is 25.7. The first-order valence-corrected chi connectivity index (χ1v) is 19.1. The lowest BCUT2D eigenvalue weighted by Gasteiger charge is -2.20. The maximum absolute atomic E-state index is 12.4. The molecule has 3 N–H and O–H groups in total. The van der Waals surface area contributed by atoms with Crippen molar-refractivity contribution in [2.45, 2.75) is 167 Å². The quantitative estimate of drug-likeness (QED) is 0.0272. The van der Waals surface area contributed by atoms with Gasteiger partial charge in [-0.05, 0) is 38.5 Å². The van der Waals surface area contributed by atoms with Crippen molar-refractivity contribution in [3.8, 4) is 0 Å². The monoisotopic (exact) mass is 664 g/mol. The Labute approximate surface area is 273 Å². The number of aliphatic hydroxyl groups excluding tert-OH is 2. The predicted octanol–water partition coefficient (Wildman–Crippen LogP) is 8.11. The molecule has 266 valence electrons. The third-order valence-corrected chi connectivity index (χ3v) is 8.37. The zero-order valence-corrected chi connectivity index (χ0v) is 29.2. The molecule has 0 aromatic heterocycles. The molecule has 0 aliphatic heterocycles. The van der Waals surface area contributed by atoms with Gasteiger partial charge in [-0.1, -0.05) is 116 Å². The van der Waals surface area contributed by atoms with Crippen LogP contribution in [0, 0.1) is 0 Å². The van der Waals surface area contributed by atoms with Crippen LogP contribution >= 0.6 is 7.82 Å². The van der Waals surface area contributed by atoms with Crippen LogP contribution in [0.1, 0.15) is 155 Å². The number of phosphoric acid groups is 1. The van der Waals surface area contributed by atoms with Gasteiger partial charge in [-0.15, -0.1) is 0 Å². The lowest BCUT2D eigenvalue weighted by molar-refractivity contribution is -0.161. The summed E-state index contributed by atoms with van der Waals surface area (Å²) >= 11 is 0. The van der Waals surface area contributed by atoms with E-state index in [2.05, 4.69) is 23.6 Å². The molecule has 0 saturated carbocycles. The first kappa shape index (κ1) is 43.7. The predicted molar refractivity (Wildman–Crippen MR) is 178 cm³/mol. The van der Waals surface area contributed by atoms with Crippen molar-refractivity contribution in [1.29, 1.82) is 0 Å². The van der Waals surface area contributed by atoms with Crippen molar-refractivity contribution in [1.82, 2.24) is 0 Å². The van der Waals surface area contributed by atoms with E-state index in [1.54, 1.807) is 0 Å². The third kappa shape index (κ3) is 31.1. The van der Waals surface area contributed by atoms with Gasteiger partial charge in [-0.2, -0.15) is 0 Å². The summed E-state index contributed by atoms with van der Waals surface area (Å²) in [7, 11) is -4.59. The number of rotatable bonds is 33. The molecule has 0 amide bonds. The zero-order chi connectivity index (χ0) is 33.4. The lowest BCUT2D eigenvalue weighted by atomic mass is 10.1. The fourth-order valence-corrected chi connectivity index (χ4v) is 5.42. The summed E-state index contributed by atoms with van der Waals surface area (Å²) in [5.74, 6) is -0.953. The molecule has 3 atom stereocenters. The van der Waals surface area contributed by atoms with Crippen LogP contribution in [0.4, 0.5) is 0 Å². The van der Waals surface area contributed by atoms with Gasteiger partial charge >= 0.3 is 19.8 Å². The van der Waals surface area contributed by atoms with Crippen LogP contribution in [0.2, 0.25) is 0 Å². The number of esters is 2. The Morgan fingerprint density at radius 2 is 1.09 bits per heavy atom. The molecule has 0 fully saturated rings. The van der Waals surface area contributed by atoms with E-state index in [4.69, 9.17) is 19.1 Å². The molecule has 0 bridgehead atoms. The zero-order valence-electron chi connectivity index (χ0n) is 28.3. The first-order chi connectivity index (χ1) is 21.7. The molecule has 0 aromatic carbocycles. The number of carbonyl (C=O) groups is 2. The highest BCUT2D eigenvalue weighted by molar-refractivity contribution is 7.47. The molecule has 0 aromatic rings. The van der Waals surface area contributed by atoms with E-state index in [0.29, 0.717) is 12.8 Å². The van der Waals surface area contributed by atoms with E-state index in [0.717, 1.165) is 32.1 Å². The number of hydrogen-bond acceptors (Lipinski definition) is 9. The highest BCUT2D eigenvalue weighted by Crippen LogP contribution is 2.43. The van der Waals surface area contributed by atoms with Crippen LogP contribution in [0.25, 0.3) is 0 Å². The number of phosphoric ester groups is 1. The van der Waals surface area contributed by atoms with E-state index in [1.807, 2.05) is 6.92 Å². The van der Waals surface area contributed by atoms with Crippen molar-refractivity contribution < 1.29 is 47.8 Å². The van der Waals surface area contributed by atoms with Crippen LogP contribution in [0.3, 0.4) is 0 Å². The average molecular weight is 665 g/mol. The Morgan fingerprint density at radius 1 is 0.644 bits per heavy atom. The normalized spacial score (nSPS) is 14.3. The second-order valence-corrected chi connectivity index (χ2v) is 13.4. The van der Waals surface area contributed by atoms with Crippen molar-refractivity contribution in [2.24, 2.45) is 0 Å². The van der Waals surface area contributed by atoms with Gasteiger partial charge in [-0.3, -0.25) is 18.6 Å². The number of carbonyl (C=O) groups excluding carboxylic acids is 2. The number of aliphatic hydroxyl groups is 2. The van der Waals surface area contributed by atoms with Gasteiger partial charge in [-0.25, -0.2) is 4.57 Å². The second kappa shape index (κ2) is 31.3. The maximum atomic E-state index is 12.4. The molecule has 0 heterocycles. The fourth-order valence-electron chi connectivity index (χ4n) is 4.63. The Morgan fingerprint density at radius 3 is 1.64 bits per heavy atom. The molecule has 10 nitrogen and oxygen atoms in total. The second-order valence-electron chi connectivity index (χ2n) is 11.9. The van der Waals surface area contributed by atoms with Crippen molar-refractivity contribution >= 4 is 19.8 Å². The molecular weight excluding hydrogens is 599 g/mol. The molecule has 11 heteroatoms. The van der Waals surface area contributed by atoms with Gasteiger partial charge in [0.1, 0.15) is 12.7 Å². The summed E-state index contributed by atoms with van der Waals surface area (Å²) in [6.45, 7) is 2.16. The maximum Gasteiger partial charge on any atom is 0.472 e. The van der Waals surface area contributed by atoms with Gasteiger partial charge in [0, 0.05) is 12.8 Å². The Balaban J connectivity index is 4.10. The molecule has 3 unspecified atom stereocenters. The van der Waals surface area contributed by atoms with Gasteiger partial charge in [0.25, 0.3) is 0 Å². The average Bonchev–Trinajstić information content (AvgIpc) is 3.02. The van der Waals surface area contributed by atoms with Crippen LogP contribution in [0.5, 0.6) is 0 Å². The first-order valence-electron chi connectivity index (χ1n) is 17.6. The number of hydrogen-bond donors (Lipinski definition) is 3. The van der Waals surface area contributed by atoms with E-state index < -0.39 is 51.8 Å². The summed E-state index contributed by atoms with van der Waals surface area (Å²) < 4.78 is 32.2. The molecule has 0 radical (unpaired) electrons. The molecule has 0 rings (SSSR count). The number of unbranched alkanes of at least 4 members (excludes halogenated alkanes) is 17. The smallest absolute Gasteiger partial charge is 0.462 e. The molecule has 0 spiro atoms. The highest BCUT2D eigenvalue weighted by atomic mass is 31.2. The molecule has 0 aliphatic carbocycles. The van der Waals surface area contributed by atoms with Crippen molar-refractivity contribution in [3.63, 3.8) is 0 Å². The van der Waals surface area contributed by atoms with E-state index in [-0.39, 0.29) is 19.4 Å². The van der Waals surface area contributed by atoms with Gasteiger partial charge < -0.3 is 24.6 Å². The highest BCUT2D eigenvalue weighted by Gasteiger charge is 2.27. The summed E-state index contributed by atoms with van der Waals surface area (Å²) in [4.78, 5) is 34.2. The van der Waals surface area contributed by atoms with E-state index >= 15 is 0 Å². The van der Waals surface area contributed by atoms with Gasteiger partial charge in [0.2, 0.25) is 0 Å². The number of allylic oxidation sites excluding steroid dienone is 2. The third-order valence-electron chi connectivity index (χ3n) is 7.42. The van der Waals surface area contributed by atoms with Gasteiger partial charge in [0.05, 0.1) is 19.8 Å². The van der Waals surface area contributed by atoms with E-state index in [1.165, 1.54) is 83.5 Å². The Hall–Kier alpha value is -1.29. The molecule has 0 aliphatic rings. The van der Waals surface area contributed by atoms with Crippen molar-refractivity contribution in [2.75, 3.05) is 26.4 Å². The van der Waals surface area contributed by atoms with Crippen LogP contribution in [-0.4, -0.2) is 65.7 Å². The standard InChI is InChI=1S/C34H65O10P/c1-3-5-7-8-9-10-11-12-13-14-15-16-17-18-19-20-21-22-24-26-34(38)44-32(29-41-33(37)25-23-6-4-2)30-43-45(39,40)42-28-31(36)27-35/h12-13,31-32,35-36H,3-11,14-30H2,1-2H3,(H,39,40)/b13-12-. The fraction of sp³-hybridized carbons (Fsp3) is 0.882. The topological polar surface area (TPSA) is 149 Å². The van der Waals surface area contributed by atoms with Crippen LogP contribution in [0.15, 0.2) is 12.2 Å². The summed E-state index contributed by atoms with van der Waals surface area (Å²) in [5.41, 5.74) is 0. The number of ether oxygens (including phenoxy) is 2. The summed E-state index contributed by atoms with van der Waals surface area (Å²) in [5, 5.41) is 18.1. The molecular formula is C34H65O10P. The molecule has 45 heavy (non-hydrogen) atoms. The minimum Gasteiger partial charge on any atom is -0.462 e. The summed E-state index contributed by atoms with van der Waals surface area (Å²) in [6, 6.07) is 0. The lowest BCUT2D eigenvalue weighted by Crippen LogP contribution is -2.29. The Kier molecular flexibility index (Phi) is 30.4. The minimum absolute atomic E-state index is 0.184. The largest absolute Gasteiger partial charge is 0.472 e. The SMILES string of the molecule is CCCCCCCC/C=C\CCCCCCCCCCCC(=O)OC(COC(=O)CCCCC)COP(=O)(O)OCC(O)CO.